The first-order valence-electron chi connectivity index (χ1n) is 19.2. The molecule has 0 radical (unpaired) electrons. The molecular weight excluding hydrogens is 763 g/mol. The maximum atomic E-state index is 13.6. The van der Waals surface area contributed by atoms with Crippen molar-refractivity contribution >= 4 is 49.9 Å². The molecule has 1 rings (SSSR count). The standard InChI is InChI=1S/C34H77N3O9Si6/c1-35-32(38)36(20-16-22-47(8,9)28-30-49(12,13)24-18-26-51(41-2,42-3)43-4)34(40)37(33(35)39)21-17-23-48(10,11)29-31-50(14,15)25-19-27-52(44-5,45-6)46-7/h16-31H2,1-15H3. The Morgan fingerprint density at radius 2 is 0.635 bits per heavy atom. The lowest BCUT2D eigenvalue weighted by Crippen LogP contribution is -2.53. The molecule has 0 aliphatic heterocycles. The molecule has 0 aromatic carbocycles. The molecule has 1 aromatic heterocycles. The fraction of sp³-hybridized carbons (Fsp3) is 0.912. The molecule has 0 unspecified atom stereocenters. The maximum absolute atomic E-state index is 13.6. The topological polar surface area (TPSA) is 121 Å². The van der Waals surface area contributed by atoms with Crippen molar-refractivity contribution < 1.29 is 26.6 Å². The summed E-state index contributed by atoms with van der Waals surface area (Å²) in [6.45, 7) is 20.2. The van der Waals surface area contributed by atoms with E-state index in [1.807, 2.05) is 0 Å². The van der Waals surface area contributed by atoms with E-state index in [1.165, 1.54) is 52.4 Å². The molecule has 0 N–H and O–H groups in total. The van der Waals surface area contributed by atoms with Crippen LogP contribution in [-0.2, 0) is 46.7 Å². The molecule has 0 saturated carbocycles. The van der Waals surface area contributed by atoms with Crippen LogP contribution in [0.5, 0.6) is 0 Å². The summed E-state index contributed by atoms with van der Waals surface area (Å²) in [5, 5.41) is 0. The molecule has 0 aliphatic carbocycles. The molecule has 0 saturated heterocycles. The van der Waals surface area contributed by atoms with Crippen LogP contribution < -0.4 is 17.1 Å². The first-order valence-corrected chi connectivity index (χ1v) is 36.8. The first-order chi connectivity index (χ1) is 24.0. The van der Waals surface area contributed by atoms with Crippen molar-refractivity contribution in [1.82, 2.24) is 13.7 Å². The van der Waals surface area contributed by atoms with Gasteiger partial charge in [0.25, 0.3) is 0 Å². The second kappa shape index (κ2) is 21.7. The van der Waals surface area contributed by atoms with E-state index in [9.17, 15) is 14.4 Å². The smallest absolute Gasteiger partial charge is 0.377 e. The lowest BCUT2D eigenvalue weighted by molar-refractivity contribution is 0.123. The SMILES string of the molecule is CO[Si](CCC[Si](C)(C)CC[Si](C)(C)CCCn1c(=O)n(C)c(=O)n(CCC[Si](C)(C)CC[Si](C)(C)CCC[Si](OC)(OC)OC)c1=O)(OC)OC. The second-order valence-corrected chi connectivity index (χ2v) is 45.4. The van der Waals surface area contributed by atoms with Gasteiger partial charge in [0, 0.05) is 107 Å². The summed E-state index contributed by atoms with van der Waals surface area (Å²) >= 11 is 0. The van der Waals surface area contributed by atoms with E-state index in [2.05, 4.69) is 52.4 Å². The Morgan fingerprint density at radius 1 is 0.385 bits per heavy atom. The van der Waals surface area contributed by atoms with E-state index in [0.717, 1.165) is 54.4 Å². The Bertz CT molecular complexity index is 1280. The maximum Gasteiger partial charge on any atom is 0.500 e. The number of nitrogens with zero attached hydrogens (tertiary/aromatic N) is 3. The molecule has 0 spiro atoms. The highest BCUT2D eigenvalue weighted by Gasteiger charge is 2.39. The van der Waals surface area contributed by atoms with Gasteiger partial charge >= 0.3 is 34.7 Å². The third-order valence-electron chi connectivity index (χ3n) is 11.5. The zero-order chi connectivity index (χ0) is 40.0. The van der Waals surface area contributed by atoms with Gasteiger partial charge in [-0.1, -0.05) is 114 Å². The summed E-state index contributed by atoms with van der Waals surface area (Å²) in [6, 6.07) is 11.1. The van der Waals surface area contributed by atoms with Crippen molar-refractivity contribution in [3.8, 4) is 0 Å². The van der Waals surface area contributed by atoms with Crippen LogP contribution in [0.4, 0.5) is 0 Å². The molecule has 0 atom stereocenters. The lowest BCUT2D eigenvalue weighted by atomic mass is 10.4. The second-order valence-electron chi connectivity index (χ2n) is 17.9. The molecule has 0 fully saturated rings. The highest BCUT2D eigenvalue weighted by Crippen LogP contribution is 2.31. The molecular formula is C34H77N3O9Si6. The molecule has 1 aromatic rings. The minimum atomic E-state index is -2.54. The summed E-state index contributed by atoms with van der Waals surface area (Å²) in [5.41, 5.74) is -1.48. The van der Waals surface area contributed by atoms with E-state index in [-0.39, 0.29) is 0 Å². The average molecular weight is 841 g/mol. The van der Waals surface area contributed by atoms with Crippen molar-refractivity contribution in [2.24, 2.45) is 7.05 Å². The Kier molecular flexibility index (Phi) is 20.6. The van der Waals surface area contributed by atoms with Gasteiger partial charge in [-0.25, -0.2) is 28.1 Å². The largest absolute Gasteiger partial charge is 0.500 e. The van der Waals surface area contributed by atoms with Crippen LogP contribution in [0.15, 0.2) is 14.4 Å². The van der Waals surface area contributed by atoms with Crippen molar-refractivity contribution in [1.29, 1.82) is 0 Å². The predicted molar refractivity (Wildman–Crippen MR) is 230 cm³/mol. The van der Waals surface area contributed by atoms with Gasteiger partial charge in [0.2, 0.25) is 0 Å². The quantitative estimate of drug-likeness (QED) is 0.0834. The highest BCUT2D eigenvalue weighted by atomic mass is 28.4. The first kappa shape index (κ1) is 49.5. The normalized spacial score (nSPS) is 13.7. The van der Waals surface area contributed by atoms with Crippen molar-refractivity contribution in [3.05, 3.63) is 31.5 Å². The van der Waals surface area contributed by atoms with Gasteiger partial charge in [0.15, 0.2) is 0 Å². The highest BCUT2D eigenvalue weighted by molar-refractivity contribution is 6.83. The zero-order valence-electron chi connectivity index (χ0n) is 35.8. The molecule has 1 heterocycles. The molecule has 12 nitrogen and oxygen atoms in total. The van der Waals surface area contributed by atoms with Gasteiger partial charge in [0.1, 0.15) is 0 Å². The number of rotatable bonds is 28. The minimum Gasteiger partial charge on any atom is -0.377 e. The van der Waals surface area contributed by atoms with Gasteiger partial charge in [0.05, 0.1) is 0 Å². The van der Waals surface area contributed by atoms with Crippen LogP contribution >= 0.6 is 0 Å². The third kappa shape index (κ3) is 15.9. The molecule has 0 aliphatic rings. The molecule has 18 heteroatoms. The summed E-state index contributed by atoms with van der Waals surface area (Å²) in [4.78, 5) is 39.8. The van der Waals surface area contributed by atoms with Gasteiger partial charge in [-0.15, -0.1) is 0 Å². The lowest BCUT2D eigenvalue weighted by Gasteiger charge is -2.30. The van der Waals surface area contributed by atoms with E-state index < -0.39 is 67.0 Å². The predicted octanol–water partition coefficient (Wildman–Crippen LogP) is 6.86. The number of hydrogen-bond donors (Lipinski definition) is 0. The summed E-state index contributed by atoms with van der Waals surface area (Å²) < 4.78 is 37.3. The Labute approximate surface area is 321 Å². The van der Waals surface area contributed by atoms with Crippen LogP contribution in [0.25, 0.3) is 0 Å². The summed E-state index contributed by atoms with van der Waals surface area (Å²) in [7, 11) is 0.521. The van der Waals surface area contributed by atoms with Crippen molar-refractivity contribution in [2.75, 3.05) is 42.7 Å². The van der Waals surface area contributed by atoms with Crippen LogP contribution in [0.1, 0.15) is 25.7 Å². The van der Waals surface area contributed by atoms with Crippen LogP contribution in [0.2, 0.25) is 113 Å². The van der Waals surface area contributed by atoms with Gasteiger partial charge < -0.3 is 26.6 Å². The van der Waals surface area contributed by atoms with E-state index in [4.69, 9.17) is 26.6 Å². The van der Waals surface area contributed by atoms with Gasteiger partial charge in [-0.2, -0.15) is 0 Å². The average Bonchev–Trinajstić information content (AvgIpc) is 3.09. The van der Waals surface area contributed by atoms with Crippen LogP contribution in [0.3, 0.4) is 0 Å². The van der Waals surface area contributed by atoms with E-state index in [0.29, 0.717) is 13.1 Å². The molecule has 0 bridgehead atoms. The Balaban J connectivity index is 2.77. The van der Waals surface area contributed by atoms with Crippen molar-refractivity contribution in [3.63, 3.8) is 0 Å². The van der Waals surface area contributed by atoms with Crippen molar-refractivity contribution in [2.45, 2.75) is 152 Å². The fourth-order valence-electron chi connectivity index (χ4n) is 7.10. The number of aromatic nitrogens is 3. The van der Waals surface area contributed by atoms with E-state index >= 15 is 0 Å². The summed E-state index contributed by atoms with van der Waals surface area (Å²) in [5.74, 6) is 0. The summed E-state index contributed by atoms with van der Waals surface area (Å²) in [6.07, 6.45) is 3.63. The molecule has 52 heavy (non-hydrogen) atoms. The van der Waals surface area contributed by atoms with Gasteiger partial charge in [-0.3, -0.25) is 0 Å². The molecule has 0 amide bonds. The zero-order valence-corrected chi connectivity index (χ0v) is 41.8. The van der Waals surface area contributed by atoms with Gasteiger partial charge in [-0.05, 0) is 12.8 Å². The monoisotopic (exact) mass is 839 g/mol. The minimum absolute atomic E-state index is 0.351. The van der Waals surface area contributed by atoms with E-state index in [1.54, 1.807) is 42.7 Å². The Hall–Kier alpha value is -0.529. The fourth-order valence-corrected chi connectivity index (χ4v) is 27.6. The third-order valence-corrected chi connectivity index (χ3v) is 31.4. The molecule has 306 valence electrons. The van der Waals surface area contributed by atoms with Crippen LogP contribution in [0, 0.1) is 0 Å². The van der Waals surface area contributed by atoms with Crippen LogP contribution in [-0.4, -0.2) is 106 Å². The Morgan fingerprint density at radius 3 is 0.885 bits per heavy atom. The number of hydrogen-bond acceptors (Lipinski definition) is 9.